The van der Waals surface area contributed by atoms with Crippen LogP contribution in [0.3, 0.4) is 0 Å². The van der Waals surface area contributed by atoms with Crippen molar-refractivity contribution in [3.63, 3.8) is 0 Å². The number of rotatable bonds is 3. The Morgan fingerprint density at radius 2 is 1.88 bits per heavy atom. The van der Waals surface area contributed by atoms with Gasteiger partial charge in [-0.1, -0.05) is 22.0 Å². The number of ether oxygens (including phenoxy) is 1. The molecule has 0 saturated heterocycles. The molecule has 2 aromatic rings. The molecule has 0 atom stereocenters. The molecule has 5 heteroatoms. The molecule has 0 aliphatic heterocycles. The third-order valence-electron chi connectivity index (χ3n) is 2.01. The van der Waals surface area contributed by atoms with Gasteiger partial charge in [-0.15, -0.1) is 0 Å². The van der Waals surface area contributed by atoms with Crippen LogP contribution in [0, 0.1) is 0 Å². The number of aromatic nitrogens is 1. The van der Waals surface area contributed by atoms with E-state index < -0.39 is 5.91 Å². The Morgan fingerprint density at radius 1 is 1.18 bits per heavy atom. The maximum atomic E-state index is 10.9. The fourth-order valence-corrected chi connectivity index (χ4v) is 1.50. The second-order valence-electron chi connectivity index (χ2n) is 3.28. The van der Waals surface area contributed by atoms with E-state index in [9.17, 15) is 4.79 Å². The van der Waals surface area contributed by atoms with Gasteiger partial charge in [-0.05, 0) is 30.3 Å². The van der Waals surface area contributed by atoms with Crippen LogP contribution >= 0.6 is 15.9 Å². The van der Waals surface area contributed by atoms with Gasteiger partial charge in [-0.25, -0.2) is 4.98 Å². The van der Waals surface area contributed by atoms with Gasteiger partial charge in [-0.3, -0.25) is 4.79 Å². The van der Waals surface area contributed by atoms with Crippen molar-refractivity contribution >= 4 is 21.8 Å². The number of halogens is 1. The van der Waals surface area contributed by atoms with Crippen LogP contribution in [0.1, 0.15) is 10.5 Å². The number of nitrogens with zero attached hydrogens (tertiary/aromatic N) is 1. The third kappa shape index (κ3) is 3.04. The molecule has 17 heavy (non-hydrogen) atoms. The van der Waals surface area contributed by atoms with Crippen molar-refractivity contribution in [1.82, 2.24) is 4.98 Å². The average Bonchev–Trinajstić information content (AvgIpc) is 2.32. The zero-order valence-electron chi connectivity index (χ0n) is 8.76. The predicted octanol–water partition coefficient (Wildman–Crippen LogP) is 2.74. The highest BCUT2D eigenvalue weighted by atomic mass is 79.9. The number of hydrogen-bond donors (Lipinski definition) is 1. The first kappa shape index (κ1) is 11.6. The number of benzene rings is 1. The molecular formula is C12H9BrN2O2. The van der Waals surface area contributed by atoms with Gasteiger partial charge in [0.15, 0.2) is 0 Å². The Bertz CT molecular complexity index is 540. The maximum Gasteiger partial charge on any atom is 0.267 e. The number of nitrogens with two attached hydrogens (primary N) is 1. The largest absolute Gasteiger partial charge is 0.439 e. The number of pyridine rings is 1. The van der Waals surface area contributed by atoms with Crippen LogP contribution in [0.25, 0.3) is 0 Å². The normalized spacial score (nSPS) is 9.94. The van der Waals surface area contributed by atoms with Crippen LogP contribution in [0.5, 0.6) is 11.6 Å². The molecule has 4 nitrogen and oxygen atoms in total. The highest BCUT2D eigenvalue weighted by Gasteiger charge is 2.04. The second-order valence-corrected chi connectivity index (χ2v) is 4.20. The summed E-state index contributed by atoms with van der Waals surface area (Å²) >= 11 is 3.33. The summed E-state index contributed by atoms with van der Waals surface area (Å²) in [6, 6.07) is 12.2. The van der Waals surface area contributed by atoms with Crippen molar-refractivity contribution < 1.29 is 9.53 Å². The van der Waals surface area contributed by atoms with Crippen LogP contribution in [0.15, 0.2) is 46.9 Å². The highest BCUT2D eigenvalue weighted by molar-refractivity contribution is 9.10. The zero-order valence-corrected chi connectivity index (χ0v) is 10.3. The minimum Gasteiger partial charge on any atom is -0.439 e. The number of hydrogen-bond acceptors (Lipinski definition) is 3. The van der Waals surface area contributed by atoms with E-state index >= 15 is 0 Å². The Balaban J connectivity index is 2.21. The summed E-state index contributed by atoms with van der Waals surface area (Å²) in [4.78, 5) is 14.9. The van der Waals surface area contributed by atoms with Crippen LogP contribution in [-0.4, -0.2) is 10.9 Å². The Kier molecular flexibility index (Phi) is 3.39. The summed E-state index contributed by atoms with van der Waals surface area (Å²) in [6.45, 7) is 0. The monoisotopic (exact) mass is 292 g/mol. The Labute approximate surface area is 107 Å². The van der Waals surface area contributed by atoms with Crippen molar-refractivity contribution in [3.8, 4) is 11.6 Å². The molecule has 0 fully saturated rings. The molecule has 0 saturated carbocycles. The lowest BCUT2D eigenvalue weighted by Crippen LogP contribution is -2.12. The quantitative estimate of drug-likeness (QED) is 0.946. The molecule has 0 bridgehead atoms. The van der Waals surface area contributed by atoms with Crippen LogP contribution < -0.4 is 10.5 Å². The van der Waals surface area contributed by atoms with Crippen molar-refractivity contribution in [2.24, 2.45) is 5.73 Å². The lowest BCUT2D eigenvalue weighted by molar-refractivity contribution is 0.0995. The second kappa shape index (κ2) is 4.97. The molecule has 1 heterocycles. The molecule has 2 N–H and O–H groups in total. The van der Waals surface area contributed by atoms with Gasteiger partial charge in [0.2, 0.25) is 5.88 Å². The van der Waals surface area contributed by atoms with Gasteiger partial charge < -0.3 is 10.5 Å². The van der Waals surface area contributed by atoms with Gasteiger partial charge in [-0.2, -0.15) is 0 Å². The summed E-state index contributed by atoms with van der Waals surface area (Å²) < 4.78 is 6.45. The van der Waals surface area contributed by atoms with Gasteiger partial charge >= 0.3 is 0 Å². The van der Waals surface area contributed by atoms with E-state index in [1.54, 1.807) is 24.3 Å². The predicted molar refractivity (Wildman–Crippen MR) is 67.0 cm³/mol. The van der Waals surface area contributed by atoms with E-state index in [4.69, 9.17) is 10.5 Å². The van der Waals surface area contributed by atoms with Gasteiger partial charge in [0, 0.05) is 10.5 Å². The number of primary amides is 1. The first-order valence-corrected chi connectivity index (χ1v) is 5.65. The van der Waals surface area contributed by atoms with Gasteiger partial charge in [0.25, 0.3) is 5.91 Å². The smallest absolute Gasteiger partial charge is 0.267 e. The standard InChI is InChI=1S/C12H9BrN2O2/c13-8-4-6-9(7-5-8)17-11-3-1-2-10(15-11)12(14)16/h1-7H,(H2,14,16). The number of carbonyl (C=O) groups is 1. The molecule has 1 aromatic carbocycles. The summed E-state index contributed by atoms with van der Waals surface area (Å²) in [5.74, 6) is 0.400. The first-order valence-electron chi connectivity index (χ1n) is 4.85. The Hall–Kier alpha value is -1.88. The SMILES string of the molecule is NC(=O)c1cccc(Oc2ccc(Br)cc2)n1. The molecule has 2 rings (SSSR count). The lowest BCUT2D eigenvalue weighted by atomic mass is 10.3. The summed E-state index contributed by atoms with van der Waals surface area (Å²) in [5.41, 5.74) is 5.31. The fraction of sp³-hybridized carbons (Fsp3) is 0. The topological polar surface area (TPSA) is 65.2 Å². The van der Waals surface area contributed by atoms with Gasteiger partial charge in [0.1, 0.15) is 11.4 Å². The van der Waals surface area contributed by atoms with Crippen molar-refractivity contribution in [2.75, 3.05) is 0 Å². The van der Waals surface area contributed by atoms with E-state index in [0.29, 0.717) is 11.6 Å². The number of carbonyl (C=O) groups excluding carboxylic acids is 1. The first-order chi connectivity index (χ1) is 8.15. The van der Waals surface area contributed by atoms with Crippen LogP contribution in [0.2, 0.25) is 0 Å². The summed E-state index contributed by atoms with van der Waals surface area (Å²) in [6.07, 6.45) is 0. The highest BCUT2D eigenvalue weighted by Crippen LogP contribution is 2.21. The van der Waals surface area contributed by atoms with E-state index in [0.717, 1.165) is 4.47 Å². The maximum absolute atomic E-state index is 10.9. The minimum absolute atomic E-state index is 0.180. The van der Waals surface area contributed by atoms with E-state index in [1.165, 1.54) is 6.07 Å². The van der Waals surface area contributed by atoms with Crippen LogP contribution in [0.4, 0.5) is 0 Å². The molecule has 0 unspecified atom stereocenters. The summed E-state index contributed by atoms with van der Waals surface area (Å²) in [7, 11) is 0. The molecule has 86 valence electrons. The lowest BCUT2D eigenvalue weighted by Gasteiger charge is -2.05. The molecule has 1 aromatic heterocycles. The van der Waals surface area contributed by atoms with Crippen molar-refractivity contribution in [1.29, 1.82) is 0 Å². The number of amides is 1. The molecule has 0 aliphatic carbocycles. The molecule has 1 amide bonds. The molecule has 0 spiro atoms. The third-order valence-corrected chi connectivity index (χ3v) is 2.54. The summed E-state index contributed by atoms with van der Waals surface area (Å²) in [5, 5.41) is 0. The van der Waals surface area contributed by atoms with Crippen molar-refractivity contribution in [2.45, 2.75) is 0 Å². The molecule has 0 aliphatic rings. The Morgan fingerprint density at radius 3 is 2.53 bits per heavy atom. The van der Waals surface area contributed by atoms with E-state index in [2.05, 4.69) is 20.9 Å². The van der Waals surface area contributed by atoms with Gasteiger partial charge in [0.05, 0.1) is 0 Å². The van der Waals surface area contributed by atoms with E-state index in [1.807, 2.05) is 12.1 Å². The van der Waals surface area contributed by atoms with Crippen LogP contribution in [-0.2, 0) is 0 Å². The average molecular weight is 293 g/mol. The molecular weight excluding hydrogens is 284 g/mol. The molecule has 0 radical (unpaired) electrons. The minimum atomic E-state index is -0.578. The van der Waals surface area contributed by atoms with Crippen molar-refractivity contribution in [3.05, 3.63) is 52.6 Å². The van der Waals surface area contributed by atoms with E-state index in [-0.39, 0.29) is 5.69 Å². The fourth-order valence-electron chi connectivity index (χ4n) is 1.23. The zero-order chi connectivity index (χ0) is 12.3.